The van der Waals surface area contributed by atoms with Crippen LogP contribution >= 0.6 is 0 Å². The highest BCUT2D eigenvalue weighted by molar-refractivity contribution is 5.95. The molecule has 0 atom stereocenters. The number of rotatable bonds is 4. The van der Waals surface area contributed by atoms with E-state index in [1.165, 1.54) is 37.7 Å². The Bertz CT molecular complexity index is 1240. The Balaban J connectivity index is 1.34. The van der Waals surface area contributed by atoms with Crippen LogP contribution in [-0.4, -0.2) is 26.4 Å². The van der Waals surface area contributed by atoms with Crippen LogP contribution in [0, 0.1) is 0 Å². The van der Waals surface area contributed by atoms with Crippen LogP contribution in [0.1, 0.15) is 43.7 Å². The van der Waals surface area contributed by atoms with Crippen LogP contribution in [0.25, 0.3) is 22.0 Å². The van der Waals surface area contributed by atoms with E-state index in [0.717, 1.165) is 46.5 Å². The number of ether oxygens (including phenoxy) is 1. The lowest BCUT2D eigenvalue weighted by Gasteiger charge is -2.21. The summed E-state index contributed by atoms with van der Waals surface area (Å²) in [6, 6.07) is 13.1. The maximum Gasteiger partial charge on any atom is 0.227 e. The Hall–Kier alpha value is -3.41. The number of anilines is 2. The average molecular weight is 412 g/mol. The molecular formula is C25H25N5O. The normalized spacial score (nSPS) is 16.3. The van der Waals surface area contributed by atoms with Gasteiger partial charge in [-0.25, -0.2) is 9.97 Å². The van der Waals surface area contributed by atoms with Gasteiger partial charge in [0.05, 0.1) is 30.0 Å². The molecule has 2 aromatic heterocycles. The molecule has 4 aromatic rings. The quantitative estimate of drug-likeness (QED) is 0.468. The van der Waals surface area contributed by atoms with Crippen LogP contribution in [0.4, 0.5) is 11.6 Å². The first kappa shape index (κ1) is 18.4. The summed E-state index contributed by atoms with van der Waals surface area (Å²) in [6.45, 7) is 0.740. The number of hydrogen-bond acceptors (Lipinski definition) is 5. The summed E-state index contributed by atoms with van der Waals surface area (Å²) in [5.74, 6) is 1.56. The van der Waals surface area contributed by atoms with Gasteiger partial charge < -0.3 is 10.1 Å². The monoisotopic (exact) mass is 411 g/mol. The molecule has 1 fully saturated rings. The second-order valence-electron chi connectivity index (χ2n) is 8.46. The first-order valence-electron chi connectivity index (χ1n) is 11.2. The van der Waals surface area contributed by atoms with Gasteiger partial charge >= 0.3 is 0 Å². The van der Waals surface area contributed by atoms with Gasteiger partial charge in [-0.05, 0) is 18.4 Å². The van der Waals surface area contributed by atoms with Crippen LogP contribution in [0.3, 0.4) is 0 Å². The maximum absolute atomic E-state index is 5.95. The van der Waals surface area contributed by atoms with E-state index in [1.807, 2.05) is 18.5 Å². The van der Waals surface area contributed by atoms with E-state index in [2.05, 4.69) is 56.6 Å². The summed E-state index contributed by atoms with van der Waals surface area (Å²) >= 11 is 0. The van der Waals surface area contributed by atoms with Gasteiger partial charge in [-0.2, -0.15) is 5.10 Å². The molecule has 0 bridgehead atoms. The largest absolute Gasteiger partial charge is 0.492 e. The molecule has 3 heterocycles. The van der Waals surface area contributed by atoms with Gasteiger partial charge in [0.1, 0.15) is 5.75 Å². The van der Waals surface area contributed by atoms with Gasteiger partial charge in [0.15, 0.2) is 0 Å². The molecule has 6 rings (SSSR count). The Kier molecular flexibility index (Phi) is 4.55. The number of aromatic nitrogens is 4. The molecule has 6 heteroatoms. The van der Waals surface area contributed by atoms with Crippen molar-refractivity contribution in [3.05, 3.63) is 60.6 Å². The summed E-state index contributed by atoms with van der Waals surface area (Å²) < 4.78 is 8.04. The fourth-order valence-corrected chi connectivity index (χ4v) is 4.84. The second kappa shape index (κ2) is 7.69. The van der Waals surface area contributed by atoms with Crippen molar-refractivity contribution in [1.82, 2.24) is 19.7 Å². The molecule has 0 unspecified atom stereocenters. The van der Waals surface area contributed by atoms with Gasteiger partial charge in [-0.1, -0.05) is 55.7 Å². The van der Waals surface area contributed by atoms with Crippen LogP contribution < -0.4 is 10.1 Å². The number of fused-ring (bicyclic) bond motifs is 2. The van der Waals surface area contributed by atoms with Crippen LogP contribution in [-0.2, 0) is 6.42 Å². The van der Waals surface area contributed by atoms with E-state index in [1.54, 1.807) is 0 Å². The maximum atomic E-state index is 5.95. The van der Waals surface area contributed by atoms with Crippen molar-refractivity contribution in [3.8, 4) is 16.9 Å². The molecular weight excluding hydrogens is 386 g/mol. The highest BCUT2D eigenvalue weighted by atomic mass is 16.5. The fraction of sp³-hybridized carbons (Fsp3) is 0.320. The van der Waals surface area contributed by atoms with E-state index in [9.17, 15) is 0 Å². The number of nitrogens with zero attached hydrogens (tertiary/aromatic N) is 4. The highest BCUT2D eigenvalue weighted by Crippen LogP contribution is 2.39. The molecule has 2 aliphatic rings. The Morgan fingerprint density at radius 3 is 2.77 bits per heavy atom. The SMILES string of the molecule is c1cc2c(c(-c3cccc4cnc(Nc5cnn(C6CCCCC6)c5)nc34)c1)OCC2. The Labute approximate surface area is 181 Å². The average Bonchev–Trinajstić information content (AvgIpc) is 3.49. The zero-order valence-corrected chi connectivity index (χ0v) is 17.4. The van der Waals surface area contributed by atoms with Gasteiger partial charge in [0.2, 0.25) is 5.95 Å². The number of hydrogen-bond donors (Lipinski definition) is 1. The smallest absolute Gasteiger partial charge is 0.227 e. The molecule has 2 aromatic carbocycles. The minimum absolute atomic E-state index is 0.508. The van der Waals surface area contributed by atoms with E-state index in [0.29, 0.717) is 12.0 Å². The molecule has 156 valence electrons. The minimum atomic E-state index is 0.508. The van der Waals surface area contributed by atoms with Gasteiger partial charge in [0, 0.05) is 35.3 Å². The van der Waals surface area contributed by atoms with Crippen molar-refractivity contribution < 1.29 is 4.74 Å². The van der Waals surface area contributed by atoms with E-state index < -0.39 is 0 Å². The molecule has 6 nitrogen and oxygen atoms in total. The molecule has 1 aliphatic heterocycles. The molecule has 0 saturated heterocycles. The van der Waals surface area contributed by atoms with Crippen LogP contribution in [0.15, 0.2) is 55.0 Å². The first-order valence-corrected chi connectivity index (χ1v) is 11.2. The summed E-state index contributed by atoms with van der Waals surface area (Å²) in [4.78, 5) is 9.42. The lowest BCUT2D eigenvalue weighted by atomic mass is 9.96. The molecule has 1 saturated carbocycles. The molecule has 31 heavy (non-hydrogen) atoms. The number of benzene rings is 2. The van der Waals surface area contributed by atoms with E-state index >= 15 is 0 Å². The van der Waals surface area contributed by atoms with Crippen molar-refractivity contribution >= 4 is 22.5 Å². The minimum Gasteiger partial charge on any atom is -0.492 e. The third kappa shape index (κ3) is 3.42. The predicted octanol–water partition coefficient (Wildman–Crippen LogP) is 5.68. The van der Waals surface area contributed by atoms with Crippen molar-refractivity contribution in [2.75, 3.05) is 11.9 Å². The summed E-state index contributed by atoms with van der Waals surface area (Å²) in [5.41, 5.74) is 5.27. The molecule has 0 radical (unpaired) electrons. The zero-order chi connectivity index (χ0) is 20.6. The zero-order valence-electron chi connectivity index (χ0n) is 17.4. The third-order valence-electron chi connectivity index (χ3n) is 6.42. The summed E-state index contributed by atoms with van der Waals surface area (Å²) in [6.07, 6.45) is 13.1. The van der Waals surface area contributed by atoms with Crippen LogP contribution in [0.2, 0.25) is 0 Å². The number of para-hydroxylation sites is 2. The van der Waals surface area contributed by atoms with Crippen molar-refractivity contribution in [1.29, 1.82) is 0 Å². The topological polar surface area (TPSA) is 64.9 Å². The van der Waals surface area contributed by atoms with E-state index in [4.69, 9.17) is 9.72 Å². The van der Waals surface area contributed by atoms with Gasteiger partial charge in [-0.3, -0.25) is 4.68 Å². The van der Waals surface area contributed by atoms with Crippen molar-refractivity contribution in [2.24, 2.45) is 0 Å². The van der Waals surface area contributed by atoms with Crippen LogP contribution in [0.5, 0.6) is 5.75 Å². The Morgan fingerprint density at radius 1 is 0.968 bits per heavy atom. The van der Waals surface area contributed by atoms with Gasteiger partial charge in [-0.15, -0.1) is 0 Å². The fourth-order valence-electron chi connectivity index (χ4n) is 4.84. The summed E-state index contributed by atoms with van der Waals surface area (Å²) in [7, 11) is 0. The standard InChI is InChI=1S/C25H25N5O/c1-2-8-20(9-3-1)30-16-19(15-27-30)28-25-26-14-18-7-5-10-21(23(18)29-25)22-11-4-6-17-12-13-31-24(17)22/h4-7,10-11,14-16,20H,1-3,8-9,12-13H2,(H,26,28,29). The third-order valence-corrected chi connectivity index (χ3v) is 6.42. The molecule has 1 N–H and O–H groups in total. The molecule has 0 spiro atoms. The second-order valence-corrected chi connectivity index (χ2v) is 8.46. The number of nitrogens with one attached hydrogen (secondary N) is 1. The predicted molar refractivity (Wildman–Crippen MR) is 122 cm³/mol. The highest BCUT2D eigenvalue weighted by Gasteiger charge is 2.19. The van der Waals surface area contributed by atoms with Gasteiger partial charge in [0.25, 0.3) is 0 Å². The molecule has 1 aliphatic carbocycles. The first-order chi connectivity index (χ1) is 15.3. The molecule has 0 amide bonds. The van der Waals surface area contributed by atoms with Crippen molar-refractivity contribution in [3.63, 3.8) is 0 Å². The lowest BCUT2D eigenvalue weighted by Crippen LogP contribution is -2.12. The van der Waals surface area contributed by atoms with Crippen molar-refractivity contribution in [2.45, 2.75) is 44.6 Å². The Morgan fingerprint density at radius 2 is 1.84 bits per heavy atom. The van der Waals surface area contributed by atoms with E-state index in [-0.39, 0.29) is 0 Å². The summed E-state index contributed by atoms with van der Waals surface area (Å²) in [5, 5.41) is 8.95. The lowest BCUT2D eigenvalue weighted by molar-refractivity contribution is 0.329.